The van der Waals surface area contributed by atoms with Crippen LogP contribution >= 0.6 is 11.3 Å². The summed E-state index contributed by atoms with van der Waals surface area (Å²) in [6, 6.07) is 10.2. The molecule has 0 fully saturated rings. The summed E-state index contributed by atoms with van der Waals surface area (Å²) in [4.78, 5) is 12.6. The van der Waals surface area contributed by atoms with Crippen LogP contribution in [0.5, 0.6) is 0 Å². The van der Waals surface area contributed by atoms with Crippen LogP contribution in [0.1, 0.15) is 29.9 Å². The van der Waals surface area contributed by atoms with Crippen LogP contribution in [-0.4, -0.2) is 10.5 Å². The molecule has 0 aliphatic heterocycles. The fourth-order valence-corrected chi connectivity index (χ4v) is 3.38. The molecule has 3 rings (SSSR count). The van der Waals surface area contributed by atoms with E-state index in [0.717, 1.165) is 15.8 Å². The number of carbonyl (C=O) groups is 1. The first-order chi connectivity index (χ1) is 11.5. The van der Waals surface area contributed by atoms with Crippen molar-refractivity contribution >= 4 is 27.5 Å². The third-order valence-electron chi connectivity index (χ3n) is 3.78. The maximum atomic E-state index is 13.2. The van der Waals surface area contributed by atoms with Crippen molar-refractivity contribution in [3.05, 3.63) is 70.5 Å². The Morgan fingerprint density at radius 3 is 2.88 bits per heavy atom. The lowest BCUT2D eigenvalue weighted by atomic mass is 10.2. The number of amides is 1. The molecule has 2 heterocycles. The van der Waals surface area contributed by atoms with E-state index in [0.29, 0.717) is 18.8 Å². The van der Waals surface area contributed by atoms with Crippen molar-refractivity contribution in [3.8, 4) is 0 Å². The van der Waals surface area contributed by atoms with Crippen molar-refractivity contribution in [1.82, 2.24) is 9.88 Å². The predicted molar refractivity (Wildman–Crippen MR) is 96.8 cm³/mol. The first kappa shape index (κ1) is 16.5. The van der Waals surface area contributed by atoms with Crippen LogP contribution in [0.2, 0.25) is 0 Å². The minimum absolute atomic E-state index is 0.148. The van der Waals surface area contributed by atoms with Gasteiger partial charge in [0.15, 0.2) is 0 Å². The Labute approximate surface area is 144 Å². The number of thiophene rings is 1. The molecule has 0 aliphatic carbocycles. The van der Waals surface area contributed by atoms with E-state index in [-0.39, 0.29) is 11.7 Å². The van der Waals surface area contributed by atoms with Gasteiger partial charge in [-0.3, -0.25) is 4.79 Å². The molecular formula is C19H19FN2OS. The van der Waals surface area contributed by atoms with Crippen molar-refractivity contribution < 1.29 is 9.18 Å². The summed E-state index contributed by atoms with van der Waals surface area (Å²) < 4.78 is 16.3. The number of fused-ring (bicyclic) bond motifs is 1. The second kappa shape index (κ2) is 7.01. The first-order valence-corrected chi connectivity index (χ1v) is 8.65. The Bertz CT molecular complexity index is 903. The highest BCUT2D eigenvalue weighted by atomic mass is 32.1. The van der Waals surface area contributed by atoms with Crippen molar-refractivity contribution in [2.75, 3.05) is 0 Å². The second-order valence-electron chi connectivity index (χ2n) is 5.90. The van der Waals surface area contributed by atoms with Crippen molar-refractivity contribution in [3.63, 3.8) is 0 Å². The van der Waals surface area contributed by atoms with Gasteiger partial charge in [0, 0.05) is 13.1 Å². The van der Waals surface area contributed by atoms with Crippen molar-refractivity contribution in [1.29, 1.82) is 0 Å². The molecule has 3 nitrogen and oxygen atoms in total. The number of hydrogen-bond acceptors (Lipinski definition) is 2. The van der Waals surface area contributed by atoms with Crippen LogP contribution < -0.4 is 5.32 Å². The number of aromatic nitrogens is 1. The van der Waals surface area contributed by atoms with Gasteiger partial charge in [0.2, 0.25) is 0 Å². The molecule has 0 bridgehead atoms. The molecule has 0 atom stereocenters. The standard InChI is InChI=1S/C19H19FN2OS/c1-13(2)6-8-22-16-7-9-24-18(16)11-17(22)19(23)21-12-14-4-3-5-15(20)10-14/h3-7,9-11H,8,12H2,1-2H3,(H,21,23). The molecule has 0 radical (unpaired) electrons. The molecule has 1 amide bonds. The van der Waals surface area contributed by atoms with Crippen LogP contribution in [0.25, 0.3) is 10.2 Å². The largest absolute Gasteiger partial charge is 0.347 e. The molecule has 1 aromatic carbocycles. The van der Waals surface area contributed by atoms with E-state index in [1.165, 1.54) is 17.7 Å². The Kier molecular flexibility index (Phi) is 4.81. The topological polar surface area (TPSA) is 34.0 Å². The van der Waals surface area contributed by atoms with E-state index in [4.69, 9.17) is 0 Å². The Morgan fingerprint density at radius 1 is 1.29 bits per heavy atom. The third-order valence-corrected chi connectivity index (χ3v) is 4.63. The zero-order valence-corrected chi connectivity index (χ0v) is 14.5. The number of halogens is 1. The average molecular weight is 342 g/mol. The number of rotatable bonds is 5. The number of hydrogen-bond donors (Lipinski definition) is 1. The van der Waals surface area contributed by atoms with Gasteiger partial charge in [-0.1, -0.05) is 23.8 Å². The van der Waals surface area contributed by atoms with Gasteiger partial charge in [-0.25, -0.2) is 4.39 Å². The SMILES string of the molecule is CC(C)=CCn1c(C(=O)NCc2cccc(F)c2)cc2sccc21. The highest BCUT2D eigenvalue weighted by Gasteiger charge is 2.15. The van der Waals surface area contributed by atoms with E-state index >= 15 is 0 Å². The minimum Gasteiger partial charge on any atom is -0.347 e. The molecule has 2 aromatic heterocycles. The molecule has 0 saturated heterocycles. The van der Waals surface area contributed by atoms with Crippen molar-refractivity contribution in [2.24, 2.45) is 0 Å². The average Bonchev–Trinajstić information content (AvgIpc) is 3.11. The van der Waals surface area contributed by atoms with Gasteiger partial charge in [0.25, 0.3) is 5.91 Å². The summed E-state index contributed by atoms with van der Waals surface area (Å²) >= 11 is 1.62. The summed E-state index contributed by atoms with van der Waals surface area (Å²) in [5, 5.41) is 4.90. The summed E-state index contributed by atoms with van der Waals surface area (Å²) in [5.41, 5.74) is 3.64. The summed E-state index contributed by atoms with van der Waals surface area (Å²) in [7, 11) is 0. The minimum atomic E-state index is -0.297. The van der Waals surface area contributed by atoms with E-state index in [9.17, 15) is 9.18 Å². The molecule has 0 unspecified atom stereocenters. The van der Waals surface area contributed by atoms with Gasteiger partial charge >= 0.3 is 0 Å². The number of allylic oxidation sites excluding steroid dienone is 2. The highest BCUT2D eigenvalue weighted by Crippen LogP contribution is 2.25. The quantitative estimate of drug-likeness (QED) is 0.668. The molecule has 3 aromatic rings. The number of carbonyl (C=O) groups excluding carboxylic acids is 1. The summed E-state index contributed by atoms with van der Waals surface area (Å²) in [5.74, 6) is -0.445. The van der Waals surface area contributed by atoms with Gasteiger partial charge in [-0.15, -0.1) is 11.3 Å². The van der Waals surface area contributed by atoms with Crippen LogP contribution in [0.4, 0.5) is 4.39 Å². The number of benzene rings is 1. The molecular weight excluding hydrogens is 323 g/mol. The molecule has 1 N–H and O–H groups in total. The van der Waals surface area contributed by atoms with E-state index < -0.39 is 0 Å². The fourth-order valence-electron chi connectivity index (χ4n) is 2.56. The van der Waals surface area contributed by atoms with E-state index in [1.54, 1.807) is 23.5 Å². The molecule has 24 heavy (non-hydrogen) atoms. The third kappa shape index (κ3) is 3.57. The zero-order valence-electron chi connectivity index (χ0n) is 13.7. The van der Waals surface area contributed by atoms with Crippen LogP contribution in [-0.2, 0) is 13.1 Å². The fraction of sp³-hybridized carbons (Fsp3) is 0.211. The maximum absolute atomic E-state index is 13.2. The molecule has 5 heteroatoms. The predicted octanol–water partition coefficient (Wildman–Crippen LogP) is 4.74. The van der Waals surface area contributed by atoms with Gasteiger partial charge in [0.05, 0.1) is 10.2 Å². The molecule has 0 aliphatic rings. The van der Waals surface area contributed by atoms with Gasteiger partial charge in [-0.05, 0) is 49.1 Å². The molecule has 124 valence electrons. The van der Waals surface area contributed by atoms with Crippen molar-refractivity contribution in [2.45, 2.75) is 26.9 Å². The normalized spacial score (nSPS) is 10.8. The second-order valence-corrected chi connectivity index (χ2v) is 6.85. The first-order valence-electron chi connectivity index (χ1n) is 7.77. The zero-order chi connectivity index (χ0) is 17.1. The smallest absolute Gasteiger partial charge is 0.268 e. The molecule has 0 spiro atoms. The van der Waals surface area contributed by atoms with E-state index in [1.807, 2.05) is 35.9 Å². The Hall–Kier alpha value is -2.40. The highest BCUT2D eigenvalue weighted by molar-refractivity contribution is 7.17. The number of nitrogens with one attached hydrogen (secondary N) is 1. The van der Waals surface area contributed by atoms with Crippen LogP contribution in [0.3, 0.4) is 0 Å². The number of nitrogens with zero attached hydrogens (tertiary/aromatic N) is 1. The molecule has 0 saturated carbocycles. The van der Waals surface area contributed by atoms with Gasteiger partial charge in [-0.2, -0.15) is 0 Å². The lowest BCUT2D eigenvalue weighted by molar-refractivity contribution is 0.0942. The maximum Gasteiger partial charge on any atom is 0.268 e. The Balaban J connectivity index is 1.82. The van der Waals surface area contributed by atoms with Gasteiger partial charge < -0.3 is 9.88 Å². The van der Waals surface area contributed by atoms with Gasteiger partial charge in [0.1, 0.15) is 11.5 Å². The van der Waals surface area contributed by atoms with E-state index in [2.05, 4.69) is 11.4 Å². The van der Waals surface area contributed by atoms with Crippen LogP contribution in [0.15, 0.2) is 53.4 Å². The lowest BCUT2D eigenvalue weighted by Gasteiger charge is -2.09. The monoisotopic (exact) mass is 342 g/mol. The summed E-state index contributed by atoms with van der Waals surface area (Å²) in [6.07, 6.45) is 2.10. The Morgan fingerprint density at radius 2 is 2.12 bits per heavy atom. The summed E-state index contributed by atoms with van der Waals surface area (Å²) in [6.45, 7) is 5.04. The lowest BCUT2D eigenvalue weighted by Crippen LogP contribution is -2.25. The van der Waals surface area contributed by atoms with Crippen LogP contribution in [0, 0.1) is 5.82 Å².